The quantitative estimate of drug-likeness (QED) is 0.625. The van der Waals surface area contributed by atoms with Crippen LogP contribution in [0.5, 0.6) is 0 Å². The first-order valence-corrected chi connectivity index (χ1v) is 4.86. The van der Waals surface area contributed by atoms with Gasteiger partial charge in [0.15, 0.2) is 5.65 Å². The van der Waals surface area contributed by atoms with Crippen molar-refractivity contribution in [1.29, 1.82) is 0 Å². The molecule has 0 bridgehead atoms. The largest absolute Gasteiger partial charge is 0.215 e. The van der Waals surface area contributed by atoms with Crippen molar-refractivity contribution in [3.8, 4) is 0 Å². The second-order valence-electron chi connectivity index (χ2n) is 4.35. The number of aromatic nitrogens is 3. The lowest BCUT2D eigenvalue weighted by Gasteiger charge is -2.19. The average Bonchev–Trinajstić information content (AvgIpc) is 2.50. The number of hydrogen-bond acceptors (Lipinski definition) is 2. The van der Waals surface area contributed by atoms with Gasteiger partial charge in [-0.3, -0.25) is 0 Å². The highest BCUT2D eigenvalue weighted by molar-refractivity contribution is 6.29. The van der Waals surface area contributed by atoms with Crippen LogP contribution in [0.25, 0.3) is 5.65 Å². The highest BCUT2D eigenvalue weighted by Gasteiger charge is 2.16. The molecule has 0 spiro atoms. The predicted octanol–water partition coefficient (Wildman–Crippen LogP) is 2.68. The zero-order valence-electron chi connectivity index (χ0n) is 8.45. The lowest BCUT2D eigenvalue weighted by molar-refractivity contribution is 0.589. The molecule has 2 rings (SSSR count). The molecule has 0 saturated heterocycles. The van der Waals surface area contributed by atoms with E-state index in [0.29, 0.717) is 5.15 Å². The molecule has 0 aromatic carbocycles. The fraction of sp³-hybridized carbons (Fsp3) is 0.400. The third-order valence-electron chi connectivity index (χ3n) is 2.20. The Balaban J connectivity index is 2.70. The van der Waals surface area contributed by atoms with E-state index >= 15 is 0 Å². The SMILES string of the molecule is CC(C)(C)c1cc(Cl)n2ncnc2c1. The van der Waals surface area contributed by atoms with Crippen LogP contribution in [0.3, 0.4) is 0 Å². The molecule has 74 valence electrons. The van der Waals surface area contributed by atoms with Crippen molar-refractivity contribution < 1.29 is 0 Å². The molecule has 0 saturated carbocycles. The minimum absolute atomic E-state index is 0.0807. The van der Waals surface area contributed by atoms with Crippen LogP contribution in [-0.2, 0) is 5.41 Å². The first kappa shape index (κ1) is 9.46. The van der Waals surface area contributed by atoms with Crippen molar-refractivity contribution in [3.63, 3.8) is 0 Å². The van der Waals surface area contributed by atoms with E-state index in [2.05, 4.69) is 30.9 Å². The maximum absolute atomic E-state index is 6.07. The number of halogens is 1. The van der Waals surface area contributed by atoms with E-state index in [4.69, 9.17) is 11.6 Å². The van der Waals surface area contributed by atoms with E-state index in [-0.39, 0.29) is 5.41 Å². The third-order valence-corrected chi connectivity index (χ3v) is 2.47. The van der Waals surface area contributed by atoms with Crippen molar-refractivity contribution in [2.75, 3.05) is 0 Å². The third kappa shape index (κ3) is 1.48. The Morgan fingerprint density at radius 2 is 2.00 bits per heavy atom. The Morgan fingerprint density at radius 1 is 1.29 bits per heavy atom. The number of fused-ring (bicyclic) bond motifs is 1. The fourth-order valence-corrected chi connectivity index (χ4v) is 1.56. The molecule has 2 aromatic heterocycles. The summed E-state index contributed by atoms with van der Waals surface area (Å²) in [6.45, 7) is 6.43. The molecule has 2 heterocycles. The van der Waals surface area contributed by atoms with Crippen molar-refractivity contribution in [2.45, 2.75) is 26.2 Å². The van der Waals surface area contributed by atoms with Gasteiger partial charge in [0.2, 0.25) is 0 Å². The van der Waals surface area contributed by atoms with Crippen molar-refractivity contribution in [3.05, 3.63) is 29.2 Å². The second kappa shape index (κ2) is 2.95. The first-order valence-electron chi connectivity index (χ1n) is 4.48. The molecule has 0 amide bonds. The molecule has 14 heavy (non-hydrogen) atoms. The van der Waals surface area contributed by atoms with Crippen LogP contribution in [0.4, 0.5) is 0 Å². The lowest BCUT2D eigenvalue weighted by Crippen LogP contribution is -2.11. The molecule has 0 aliphatic rings. The topological polar surface area (TPSA) is 30.2 Å². The van der Waals surface area contributed by atoms with Crippen molar-refractivity contribution >= 4 is 17.2 Å². The molecule has 0 N–H and O–H groups in total. The van der Waals surface area contributed by atoms with Gasteiger partial charge >= 0.3 is 0 Å². The summed E-state index contributed by atoms with van der Waals surface area (Å²) in [6, 6.07) is 3.95. The first-order chi connectivity index (χ1) is 6.48. The summed E-state index contributed by atoms with van der Waals surface area (Å²) in [6.07, 6.45) is 1.51. The molecule has 0 aliphatic heterocycles. The Bertz CT molecular complexity index is 468. The molecular weight excluding hydrogens is 198 g/mol. The Hall–Kier alpha value is -1.09. The summed E-state index contributed by atoms with van der Waals surface area (Å²) in [5.74, 6) is 0. The molecular formula is C10H12ClN3. The minimum Gasteiger partial charge on any atom is -0.215 e. The van der Waals surface area contributed by atoms with Crippen LogP contribution in [0.2, 0.25) is 5.15 Å². The fourth-order valence-electron chi connectivity index (χ4n) is 1.32. The van der Waals surface area contributed by atoms with Gasteiger partial charge in [0.25, 0.3) is 0 Å². The van der Waals surface area contributed by atoms with Gasteiger partial charge < -0.3 is 0 Å². The molecule has 0 fully saturated rings. The van der Waals surface area contributed by atoms with Gasteiger partial charge in [-0.2, -0.15) is 5.10 Å². The highest BCUT2D eigenvalue weighted by Crippen LogP contribution is 2.25. The van der Waals surface area contributed by atoms with Crippen LogP contribution in [0.1, 0.15) is 26.3 Å². The molecule has 0 atom stereocenters. The number of pyridine rings is 1. The Labute approximate surface area is 87.7 Å². The summed E-state index contributed by atoms with van der Waals surface area (Å²) in [5.41, 5.74) is 2.04. The summed E-state index contributed by atoms with van der Waals surface area (Å²) in [7, 11) is 0. The normalized spacial score (nSPS) is 12.3. The maximum Gasteiger partial charge on any atom is 0.157 e. The van der Waals surface area contributed by atoms with E-state index in [1.807, 2.05) is 12.1 Å². The van der Waals surface area contributed by atoms with E-state index < -0.39 is 0 Å². The van der Waals surface area contributed by atoms with Crippen LogP contribution >= 0.6 is 11.6 Å². The maximum atomic E-state index is 6.07. The smallest absolute Gasteiger partial charge is 0.157 e. The van der Waals surface area contributed by atoms with Crippen LogP contribution in [0.15, 0.2) is 18.5 Å². The average molecular weight is 210 g/mol. The number of hydrogen-bond donors (Lipinski definition) is 0. The summed E-state index contributed by atoms with van der Waals surface area (Å²) in [5, 5.41) is 4.62. The highest BCUT2D eigenvalue weighted by atomic mass is 35.5. The van der Waals surface area contributed by atoms with Gasteiger partial charge in [0.05, 0.1) is 0 Å². The number of rotatable bonds is 0. The zero-order chi connectivity index (χ0) is 10.3. The molecule has 0 unspecified atom stereocenters. The van der Waals surface area contributed by atoms with Gasteiger partial charge in [-0.05, 0) is 23.1 Å². The Kier molecular flexibility index (Phi) is 2.00. The second-order valence-corrected chi connectivity index (χ2v) is 4.73. The van der Waals surface area contributed by atoms with Gasteiger partial charge in [0.1, 0.15) is 11.5 Å². The van der Waals surface area contributed by atoms with Gasteiger partial charge in [-0.15, -0.1) is 0 Å². The van der Waals surface area contributed by atoms with E-state index in [1.54, 1.807) is 4.52 Å². The molecule has 3 nitrogen and oxygen atoms in total. The van der Waals surface area contributed by atoms with E-state index in [9.17, 15) is 0 Å². The molecule has 0 aliphatic carbocycles. The molecule has 0 radical (unpaired) electrons. The zero-order valence-corrected chi connectivity index (χ0v) is 9.21. The van der Waals surface area contributed by atoms with Gasteiger partial charge in [-0.25, -0.2) is 9.50 Å². The Morgan fingerprint density at radius 3 is 2.64 bits per heavy atom. The van der Waals surface area contributed by atoms with Crippen LogP contribution in [-0.4, -0.2) is 14.6 Å². The number of nitrogens with zero attached hydrogens (tertiary/aromatic N) is 3. The molecule has 4 heteroatoms. The van der Waals surface area contributed by atoms with E-state index in [0.717, 1.165) is 5.65 Å². The van der Waals surface area contributed by atoms with Crippen molar-refractivity contribution in [1.82, 2.24) is 14.6 Å². The van der Waals surface area contributed by atoms with Crippen molar-refractivity contribution in [2.24, 2.45) is 0 Å². The minimum atomic E-state index is 0.0807. The monoisotopic (exact) mass is 209 g/mol. The van der Waals surface area contributed by atoms with E-state index in [1.165, 1.54) is 11.9 Å². The van der Waals surface area contributed by atoms with Crippen LogP contribution < -0.4 is 0 Å². The predicted molar refractivity (Wildman–Crippen MR) is 56.7 cm³/mol. The standard InChI is InChI=1S/C10H12ClN3/c1-10(2,3)7-4-8(11)14-9(5-7)12-6-13-14/h4-6H,1-3H3. The summed E-state index contributed by atoms with van der Waals surface area (Å²) < 4.78 is 1.62. The molecule has 2 aromatic rings. The summed E-state index contributed by atoms with van der Waals surface area (Å²) in [4.78, 5) is 4.12. The lowest BCUT2D eigenvalue weighted by atomic mass is 9.88. The van der Waals surface area contributed by atoms with Gasteiger partial charge in [0, 0.05) is 0 Å². The summed E-state index contributed by atoms with van der Waals surface area (Å²) >= 11 is 6.07. The van der Waals surface area contributed by atoms with Gasteiger partial charge in [-0.1, -0.05) is 32.4 Å². The van der Waals surface area contributed by atoms with Crippen LogP contribution in [0, 0.1) is 0 Å².